The van der Waals surface area contributed by atoms with Crippen molar-refractivity contribution in [3.8, 4) is 0 Å². The Morgan fingerprint density at radius 2 is 2.08 bits per heavy atom. The molecule has 0 bridgehead atoms. The molecule has 138 valence electrons. The quantitative estimate of drug-likeness (QED) is 0.828. The van der Waals surface area contributed by atoms with Gasteiger partial charge in [-0.1, -0.05) is 13.8 Å². The fourth-order valence-corrected chi connectivity index (χ4v) is 6.51. The Balaban J connectivity index is 1.99. The maximum atomic E-state index is 13.4. The Morgan fingerprint density at radius 3 is 2.64 bits per heavy atom. The van der Waals surface area contributed by atoms with E-state index in [2.05, 4.69) is 5.10 Å². The van der Waals surface area contributed by atoms with Crippen LogP contribution >= 0.6 is 11.3 Å². The summed E-state index contributed by atoms with van der Waals surface area (Å²) in [6.07, 6.45) is 1.19. The third-order valence-electron chi connectivity index (χ3n) is 5.07. The first-order chi connectivity index (χ1) is 11.9. The molecule has 0 aromatic carbocycles. The zero-order valence-corrected chi connectivity index (χ0v) is 16.5. The van der Waals surface area contributed by atoms with E-state index >= 15 is 0 Å². The van der Waals surface area contributed by atoms with E-state index < -0.39 is 10.0 Å². The summed E-state index contributed by atoms with van der Waals surface area (Å²) in [5.41, 5.74) is 2.48. The van der Waals surface area contributed by atoms with Crippen molar-refractivity contribution in [1.82, 2.24) is 14.1 Å². The molecule has 0 amide bonds. The Hall–Kier alpha value is -1.22. The zero-order valence-electron chi connectivity index (χ0n) is 14.8. The molecule has 2 unspecified atom stereocenters. The molecule has 25 heavy (non-hydrogen) atoms. The maximum absolute atomic E-state index is 13.4. The van der Waals surface area contributed by atoms with Gasteiger partial charge in [-0.3, -0.25) is 4.68 Å². The van der Waals surface area contributed by atoms with Gasteiger partial charge in [0, 0.05) is 38.6 Å². The molecule has 3 rings (SSSR count). The maximum Gasteiger partial charge on any atom is 0.246 e. The van der Waals surface area contributed by atoms with Gasteiger partial charge < -0.3 is 5.11 Å². The topological polar surface area (TPSA) is 75.4 Å². The monoisotopic (exact) mass is 383 g/mol. The van der Waals surface area contributed by atoms with E-state index in [1.165, 1.54) is 4.31 Å². The molecule has 1 fully saturated rings. The number of aliphatic hydroxyl groups is 1. The van der Waals surface area contributed by atoms with Crippen molar-refractivity contribution in [3.63, 3.8) is 0 Å². The largest absolute Gasteiger partial charge is 0.396 e. The Morgan fingerprint density at radius 1 is 1.32 bits per heavy atom. The highest BCUT2D eigenvalue weighted by Crippen LogP contribution is 2.37. The molecule has 2 aromatic rings. The first kappa shape index (κ1) is 18.6. The van der Waals surface area contributed by atoms with Crippen LogP contribution in [-0.2, 0) is 29.9 Å². The number of rotatable bonds is 6. The van der Waals surface area contributed by atoms with E-state index in [0.717, 1.165) is 11.3 Å². The number of sulfonamides is 1. The van der Waals surface area contributed by atoms with Crippen LogP contribution in [0.1, 0.15) is 36.7 Å². The van der Waals surface area contributed by atoms with Crippen molar-refractivity contribution < 1.29 is 13.5 Å². The van der Waals surface area contributed by atoms with Crippen LogP contribution in [0.3, 0.4) is 0 Å². The lowest BCUT2D eigenvalue weighted by atomic mass is 9.92. The fourth-order valence-electron chi connectivity index (χ4n) is 3.72. The van der Waals surface area contributed by atoms with Gasteiger partial charge in [-0.25, -0.2) is 8.42 Å². The summed E-state index contributed by atoms with van der Waals surface area (Å²) in [7, 11) is -1.83. The van der Waals surface area contributed by atoms with Crippen LogP contribution in [-0.4, -0.2) is 47.3 Å². The van der Waals surface area contributed by atoms with Gasteiger partial charge in [0.2, 0.25) is 10.0 Å². The zero-order chi connectivity index (χ0) is 18.2. The number of aryl methyl sites for hydroxylation is 2. The van der Waals surface area contributed by atoms with Gasteiger partial charge in [-0.05, 0) is 35.2 Å². The minimum absolute atomic E-state index is 0.0131. The molecule has 8 heteroatoms. The van der Waals surface area contributed by atoms with E-state index in [-0.39, 0.29) is 18.4 Å². The molecule has 0 aliphatic carbocycles. The fraction of sp³-hybridized carbons (Fsp3) is 0.588. The third-order valence-corrected chi connectivity index (χ3v) is 7.73. The van der Waals surface area contributed by atoms with Crippen molar-refractivity contribution >= 4 is 21.4 Å². The molecule has 1 aliphatic rings. The van der Waals surface area contributed by atoms with Gasteiger partial charge in [-0.15, -0.1) is 0 Å². The number of nitrogens with zero attached hydrogens (tertiary/aromatic N) is 3. The first-order valence-corrected chi connectivity index (χ1v) is 11.0. The molecular formula is C17H25N3O3S2. The van der Waals surface area contributed by atoms with E-state index in [1.54, 1.807) is 23.1 Å². The molecule has 1 saturated heterocycles. The van der Waals surface area contributed by atoms with Crippen molar-refractivity contribution in [1.29, 1.82) is 0 Å². The number of hydrogen-bond acceptors (Lipinski definition) is 5. The molecule has 1 N–H and O–H groups in total. The lowest BCUT2D eigenvalue weighted by molar-refractivity contribution is 0.223. The van der Waals surface area contributed by atoms with Gasteiger partial charge in [0.15, 0.2) is 0 Å². The number of thiophene rings is 1. The molecule has 3 heterocycles. The second-order valence-corrected chi connectivity index (χ2v) is 9.14. The second-order valence-electron chi connectivity index (χ2n) is 6.48. The van der Waals surface area contributed by atoms with Crippen LogP contribution in [0.25, 0.3) is 0 Å². The van der Waals surface area contributed by atoms with Crippen LogP contribution in [0.2, 0.25) is 0 Å². The van der Waals surface area contributed by atoms with Crippen LogP contribution in [0, 0.1) is 5.92 Å². The average Bonchev–Trinajstić information content (AvgIpc) is 3.31. The molecule has 6 nitrogen and oxygen atoms in total. The van der Waals surface area contributed by atoms with E-state index in [0.29, 0.717) is 36.5 Å². The highest BCUT2D eigenvalue weighted by molar-refractivity contribution is 7.89. The molecular weight excluding hydrogens is 358 g/mol. The third kappa shape index (κ3) is 3.16. The van der Waals surface area contributed by atoms with E-state index in [1.807, 2.05) is 30.7 Å². The van der Waals surface area contributed by atoms with Crippen LogP contribution in [0.5, 0.6) is 0 Å². The SMILES string of the molecule is CCc1nn(C)c(CC)c1S(=O)(=O)N1CC(CO)C(c2ccsc2)C1. The molecule has 1 aliphatic heterocycles. The van der Waals surface area contributed by atoms with Crippen LogP contribution < -0.4 is 0 Å². The Bertz CT molecular complexity index is 828. The Labute approximate surface area is 153 Å². The predicted octanol–water partition coefficient (Wildman–Crippen LogP) is 2.00. The Kier molecular flexibility index (Phi) is 5.34. The van der Waals surface area contributed by atoms with E-state index in [4.69, 9.17) is 0 Å². The highest BCUT2D eigenvalue weighted by Gasteiger charge is 2.42. The van der Waals surface area contributed by atoms with Gasteiger partial charge in [-0.2, -0.15) is 20.7 Å². The molecule has 0 radical (unpaired) electrons. The lowest BCUT2D eigenvalue weighted by Crippen LogP contribution is -2.30. The predicted molar refractivity (Wildman–Crippen MR) is 98.4 cm³/mol. The van der Waals surface area contributed by atoms with Crippen molar-refractivity contribution in [3.05, 3.63) is 33.8 Å². The van der Waals surface area contributed by atoms with E-state index in [9.17, 15) is 13.5 Å². The minimum Gasteiger partial charge on any atom is -0.396 e. The highest BCUT2D eigenvalue weighted by atomic mass is 32.2. The second kappa shape index (κ2) is 7.19. The molecule has 0 spiro atoms. The van der Waals surface area contributed by atoms with Crippen molar-refractivity contribution in [2.24, 2.45) is 13.0 Å². The summed E-state index contributed by atoms with van der Waals surface area (Å²) >= 11 is 1.60. The van der Waals surface area contributed by atoms with Crippen molar-refractivity contribution in [2.45, 2.75) is 37.5 Å². The summed E-state index contributed by atoms with van der Waals surface area (Å²) in [6.45, 7) is 4.62. The first-order valence-electron chi connectivity index (χ1n) is 8.61. The van der Waals surface area contributed by atoms with Gasteiger partial charge in [0.1, 0.15) is 4.90 Å². The summed E-state index contributed by atoms with van der Waals surface area (Å²) in [4.78, 5) is 0.364. The van der Waals surface area contributed by atoms with Gasteiger partial charge in [0.05, 0.1) is 11.4 Å². The lowest BCUT2D eigenvalue weighted by Gasteiger charge is -2.17. The van der Waals surface area contributed by atoms with Crippen molar-refractivity contribution in [2.75, 3.05) is 19.7 Å². The minimum atomic E-state index is -3.63. The normalized spacial score (nSPS) is 21.9. The smallest absolute Gasteiger partial charge is 0.246 e. The number of hydrogen-bond donors (Lipinski definition) is 1. The summed E-state index contributed by atoms with van der Waals surface area (Å²) in [5.74, 6) is -0.0333. The van der Waals surface area contributed by atoms with Gasteiger partial charge in [0.25, 0.3) is 0 Å². The summed E-state index contributed by atoms with van der Waals surface area (Å²) < 4.78 is 30.0. The standard InChI is InChI=1S/C17H25N3O3S2/c1-4-15-17(16(5-2)19(3)18-15)25(22,23)20-8-13(10-21)14(9-20)12-6-7-24-11-12/h6-7,11,13-14,21H,4-5,8-10H2,1-3H3. The molecule has 0 saturated carbocycles. The van der Waals surface area contributed by atoms with Crippen LogP contribution in [0.4, 0.5) is 0 Å². The molecule has 2 atom stereocenters. The van der Waals surface area contributed by atoms with Gasteiger partial charge >= 0.3 is 0 Å². The molecule has 2 aromatic heterocycles. The number of aromatic nitrogens is 2. The van der Waals surface area contributed by atoms with Crippen LogP contribution in [0.15, 0.2) is 21.7 Å². The summed E-state index contributed by atoms with van der Waals surface area (Å²) in [5, 5.41) is 18.2. The average molecular weight is 384 g/mol. The number of aliphatic hydroxyl groups excluding tert-OH is 1. The summed E-state index contributed by atoms with van der Waals surface area (Å²) in [6, 6.07) is 2.02.